The maximum absolute atomic E-state index is 14.2. The molecule has 2 heterocycles. The van der Waals surface area contributed by atoms with Gasteiger partial charge in [0.15, 0.2) is 5.79 Å². The van der Waals surface area contributed by atoms with E-state index in [4.69, 9.17) is 14.2 Å². The summed E-state index contributed by atoms with van der Waals surface area (Å²) in [5.41, 5.74) is -1.12. The van der Waals surface area contributed by atoms with Crippen molar-refractivity contribution in [1.29, 1.82) is 0 Å². The second-order valence-corrected chi connectivity index (χ2v) is 16.1. The highest BCUT2D eigenvalue weighted by atomic mass is 16.8. The van der Waals surface area contributed by atoms with E-state index in [1.165, 1.54) is 9.80 Å². The van der Waals surface area contributed by atoms with Crippen molar-refractivity contribution in [2.24, 2.45) is 5.41 Å². The lowest BCUT2D eigenvalue weighted by Gasteiger charge is -2.37. The van der Waals surface area contributed by atoms with Crippen molar-refractivity contribution < 1.29 is 47.8 Å². The number of likely N-dealkylation sites (tertiary alicyclic amines) is 1. The topological polar surface area (TPSA) is 202 Å². The van der Waals surface area contributed by atoms with Gasteiger partial charge in [-0.1, -0.05) is 64.4 Å². The Morgan fingerprint density at radius 3 is 2.11 bits per heavy atom. The van der Waals surface area contributed by atoms with Gasteiger partial charge in [0.05, 0.1) is 19.1 Å². The normalized spacial score (nSPS) is 21.0. The predicted molar refractivity (Wildman–Crippen MR) is 193 cm³/mol. The number of hydrogen-bond donors (Lipinski definition) is 4. The van der Waals surface area contributed by atoms with Crippen molar-refractivity contribution in [3.05, 3.63) is 35.9 Å². The van der Waals surface area contributed by atoms with Crippen LogP contribution in [0.5, 0.6) is 0 Å². The van der Waals surface area contributed by atoms with Gasteiger partial charge in [-0.25, -0.2) is 4.79 Å². The molecule has 1 aromatic rings. The highest BCUT2D eigenvalue weighted by Gasteiger charge is 2.58. The van der Waals surface area contributed by atoms with E-state index in [1.54, 1.807) is 107 Å². The Kier molecular flexibility index (Phi) is 13.8. The Bertz CT molecular complexity index is 1530. The Balaban J connectivity index is 1.78. The number of likely N-dealkylation sites (N-methyl/N-ethyl adjacent to an activating group) is 1. The van der Waals surface area contributed by atoms with Gasteiger partial charge in [-0.2, -0.15) is 0 Å². The lowest BCUT2D eigenvalue weighted by molar-refractivity contribution is -0.171. The molecule has 3 rings (SSSR count). The largest absolute Gasteiger partial charge is 0.444 e. The van der Waals surface area contributed by atoms with Crippen LogP contribution in [0.3, 0.4) is 0 Å². The first-order chi connectivity index (χ1) is 24.5. The molecule has 16 heteroatoms. The van der Waals surface area contributed by atoms with Gasteiger partial charge >= 0.3 is 6.09 Å². The second-order valence-electron chi connectivity index (χ2n) is 16.1. The van der Waals surface area contributed by atoms with E-state index in [2.05, 4.69) is 21.3 Å². The minimum absolute atomic E-state index is 0.0457. The molecule has 2 aliphatic rings. The molecule has 1 aromatic carbocycles. The van der Waals surface area contributed by atoms with Crippen LogP contribution in [0, 0.1) is 5.41 Å². The molecule has 2 saturated heterocycles. The minimum Gasteiger partial charge on any atom is -0.444 e. The third-order valence-electron chi connectivity index (χ3n) is 8.54. The molecule has 3 unspecified atom stereocenters. The molecule has 6 amide bonds. The molecule has 0 spiro atoms. The predicted octanol–water partition coefficient (Wildman–Crippen LogP) is 1.57. The number of nitrogens with zero attached hydrogens (tertiary/aromatic N) is 2. The van der Waals surface area contributed by atoms with E-state index in [9.17, 15) is 33.6 Å². The molecule has 4 N–H and O–H groups in total. The molecule has 0 aliphatic carbocycles. The van der Waals surface area contributed by atoms with Crippen LogP contribution < -0.4 is 21.3 Å². The van der Waals surface area contributed by atoms with Gasteiger partial charge < -0.3 is 45.3 Å². The lowest BCUT2D eigenvalue weighted by Crippen LogP contribution is -2.61. The molecule has 0 radical (unpaired) electrons. The number of carbonyl (C=O) groups excluding carboxylic acids is 7. The van der Waals surface area contributed by atoms with E-state index in [0.717, 1.165) is 0 Å². The van der Waals surface area contributed by atoms with Gasteiger partial charge in [0.25, 0.3) is 5.91 Å². The van der Waals surface area contributed by atoms with Crippen LogP contribution in [0.15, 0.2) is 30.3 Å². The number of Topliss-reactive ketones (excluding diaryl/α,β-unsaturated/α-hetero) is 1. The number of ketones is 1. The van der Waals surface area contributed by atoms with Crippen molar-refractivity contribution in [3.8, 4) is 0 Å². The molecular weight excluding hydrogens is 688 g/mol. The van der Waals surface area contributed by atoms with Crippen LogP contribution in [0.2, 0.25) is 0 Å². The SMILES string of the molecule is CCCC(NC(=O)[C@@H]1C2OC(C)(C)O[C@H]2CN1C(=O)[C@@H](NC(=O)OC(C)(C)C)C(C)(C)C)C(=O)C(=O)NCC(=O)NC(C(=O)N(C)C)c1ccccc1. The van der Waals surface area contributed by atoms with Crippen LogP contribution in [0.1, 0.15) is 86.8 Å². The van der Waals surface area contributed by atoms with Crippen molar-refractivity contribution in [1.82, 2.24) is 31.1 Å². The van der Waals surface area contributed by atoms with E-state index < -0.39 is 101 Å². The first kappa shape index (κ1) is 42.8. The van der Waals surface area contributed by atoms with E-state index in [1.807, 2.05) is 0 Å². The van der Waals surface area contributed by atoms with E-state index in [-0.39, 0.29) is 13.0 Å². The summed E-state index contributed by atoms with van der Waals surface area (Å²) >= 11 is 0. The van der Waals surface area contributed by atoms with Crippen LogP contribution >= 0.6 is 0 Å². The van der Waals surface area contributed by atoms with Crippen LogP contribution in [-0.2, 0) is 43.0 Å². The number of nitrogens with one attached hydrogen (secondary N) is 4. The fraction of sp³-hybridized carbons (Fsp3) is 0.649. The zero-order chi connectivity index (χ0) is 40.1. The third kappa shape index (κ3) is 11.5. The Morgan fingerprint density at radius 1 is 0.943 bits per heavy atom. The number of fused-ring (bicyclic) bond motifs is 1. The van der Waals surface area contributed by atoms with E-state index in [0.29, 0.717) is 12.0 Å². The summed E-state index contributed by atoms with van der Waals surface area (Å²) in [6.45, 7) is 14.8. The lowest BCUT2D eigenvalue weighted by atomic mass is 9.85. The summed E-state index contributed by atoms with van der Waals surface area (Å²) in [5.74, 6) is -5.67. The molecule has 53 heavy (non-hydrogen) atoms. The number of hydrogen-bond acceptors (Lipinski definition) is 10. The molecule has 294 valence electrons. The maximum atomic E-state index is 14.2. The smallest absolute Gasteiger partial charge is 0.408 e. The standard InChI is InChI=1S/C37H56N6O10/c1-12-16-22(27(45)31(47)38-19-24(44)40-25(32(48)42(10)11)21-17-14-13-15-18-21)39-30(46)26-28-23(51-37(8,9)52-28)20-43(26)33(49)29(35(2,3)4)41-34(50)53-36(5,6)7/h13-15,17-18,22-23,25-26,28-29H,12,16,19-20H2,1-11H3,(H,38,47)(H,39,46)(H,40,44)(H,41,50)/t22?,23-,25?,26-,28?,29+/m0/s1. The second kappa shape index (κ2) is 17.1. The number of benzene rings is 1. The van der Waals surface area contributed by atoms with Gasteiger partial charge in [0.1, 0.15) is 35.9 Å². The van der Waals surface area contributed by atoms with Crippen molar-refractivity contribution in [3.63, 3.8) is 0 Å². The molecule has 2 fully saturated rings. The highest BCUT2D eigenvalue weighted by molar-refractivity contribution is 6.38. The summed E-state index contributed by atoms with van der Waals surface area (Å²) < 4.78 is 17.5. The third-order valence-corrected chi connectivity index (χ3v) is 8.54. The molecule has 2 aliphatic heterocycles. The first-order valence-electron chi connectivity index (χ1n) is 17.8. The number of alkyl carbamates (subject to hydrolysis) is 1. The molecule has 6 atom stereocenters. The average molecular weight is 745 g/mol. The summed E-state index contributed by atoms with van der Waals surface area (Å²) in [6, 6.07) is 3.81. The van der Waals surface area contributed by atoms with E-state index >= 15 is 0 Å². The first-order valence-corrected chi connectivity index (χ1v) is 17.8. The quantitative estimate of drug-likeness (QED) is 0.215. The minimum atomic E-state index is -1.31. The summed E-state index contributed by atoms with van der Waals surface area (Å²) in [4.78, 5) is 95.9. The Labute approximate surface area is 311 Å². The zero-order valence-electron chi connectivity index (χ0n) is 32.7. The van der Waals surface area contributed by atoms with Crippen LogP contribution in [0.25, 0.3) is 0 Å². The van der Waals surface area contributed by atoms with Gasteiger partial charge in [-0.3, -0.25) is 28.8 Å². The van der Waals surface area contributed by atoms with Gasteiger partial charge in [0, 0.05) is 14.1 Å². The molecule has 0 saturated carbocycles. The van der Waals surface area contributed by atoms with Crippen molar-refractivity contribution >= 4 is 41.4 Å². The van der Waals surface area contributed by atoms with Crippen molar-refractivity contribution in [2.75, 3.05) is 27.2 Å². The fourth-order valence-electron chi connectivity index (χ4n) is 6.14. The highest BCUT2D eigenvalue weighted by Crippen LogP contribution is 2.38. The maximum Gasteiger partial charge on any atom is 0.408 e. The molecule has 16 nitrogen and oxygen atoms in total. The number of carbonyl (C=O) groups is 7. The van der Waals surface area contributed by atoms with Crippen LogP contribution in [-0.4, -0.2) is 120 Å². The van der Waals surface area contributed by atoms with Gasteiger partial charge in [-0.15, -0.1) is 0 Å². The number of amides is 6. The van der Waals surface area contributed by atoms with Gasteiger partial charge in [-0.05, 0) is 52.0 Å². The number of ether oxygens (including phenoxy) is 3. The molecule has 0 aromatic heterocycles. The zero-order valence-corrected chi connectivity index (χ0v) is 32.7. The number of rotatable bonds is 13. The van der Waals surface area contributed by atoms with Crippen LogP contribution in [0.4, 0.5) is 4.79 Å². The average Bonchev–Trinajstić information content (AvgIpc) is 3.54. The Morgan fingerprint density at radius 2 is 1.57 bits per heavy atom. The van der Waals surface area contributed by atoms with Gasteiger partial charge in [0.2, 0.25) is 29.4 Å². The fourth-order valence-corrected chi connectivity index (χ4v) is 6.14. The monoisotopic (exact) mass is 744 g/mol. The summed E-state index contributed by atoms with van der Waals surface area (Å²) in [5, 5.41) is 10.2. The summed E-state index contributed by atoms with van der Waals surface area (Å²) in [7, 11) is 3.09. The molecule has 0 bridgehead atoms. The molecular formula is C37H56N6O10. The summed E-state index contributed by atoms with van der Waals surface area (Å²) in [6.07, 6.45) is -1.97. The Hall–Kier alpha value is -4.57. The van der Waals surface area contributed by atoms with Crippen molar-refractivity contribution in [2.45, 2.75) is 123 Å².